The number of nitrogens with one attached hydrogen (secondary N) is 3. The van der Waals surface area contributed by atoms with Crippen molar-refractivity contribution in [3.8, 4) is 0 Å². The lowest BCUT2D eigenvalue weighted by atomic mass is 10.1. The summed E-state index contributed by atoms with van der Waals surface area (Å²) in [5, 5.41) is 29.0. The monoisotopic (exact) mass is 551 g/mol. The van der Waals surface area contributed by atoms with Gasteiger partial charge in [-0.05, 0) is 43.3 Å². The van der Waals surface area contributed by atoms with E-state index in [4.69, 9.17) is 13.3 Å². The van der Waals surface area contributed by atoms with E-state index in [0.717, 1.165) is 12.2 Å². The zero-order chi connectivity index (χ0) is 29.4. The van der Waals surface area contributed by atoms with E-state index >= 15 is 0 Å². The van der Waals surface area contributed by atoms with Gasteiger partial charge < -0.3 is 39.4 Å². The number of aliphatic hydroxyl groups excluding tert-OH is 2. The summed E-state index contributed by atoms with van der Waals surface area (Å²) >= 11 is 0. The first-order chi connectivity index (χ1) is 19.0. The quantitative estimate of drug-likeness (QED) is 0.191. The summed E-state index contributed by atoms with van der Waals surface area (Å²) < 4.78 is 16.6. The average Bonchev–Trinajstić information content (AvgIpc) is 3.72. The van der Waals surface area contributed by atoms with Crippen molar-refractivity contribution < 1.29 is 37.8 Å². The molecule has 0 aliphatic heterocycles. The van der Waals surface area contributed by atoms with E-state index in [-0.39, 0.29) is 48.2 Å². The molecule has 2 unspecified atom stereocenters. The molecule has 0 fully saturated rings. The maximum Gasteiger partial charge on any atom is 0.250 e. The van der Waals surface area contributed by atoms with Crippen LogP contribution in [0.15, 0.2) is 86.1 Å². The van der Waals surface area contributed by atoms with Crippen molar-refractivity contribution in [3.05, 3.63) is 107 Å². The van der Waals surface area contributed by atoms with Gasteiger partial charge in [0.15, 0.2) is 0 Å². The Morgan fingerprint density at radius 2 is 1.05 bits per heavy atom. The maximum absolute atomic E-state index is 12.5. The summed E-state index contributed by atoms with van der Waals surface area (Å²) in [6.07, 6.45) is -2.28. The van der Waals surface area contributed by atoms with Gasteiger partial charge >= 0.3 is 0 Å². The fraction of sp³-hybridized carbons (Fsp3) is 0.276. The summed E-state index contributed by atoms with van der Waals surface area (Å²) in [5.74, 6) is 0.594. The summed E-state index contributed by atoms with van der Waals surface area (Å²) in [4.78, 5) is 36.6. The second kappa shape index (κ2) is 13.5. The number of hydrogen-bond acceptors (Lipinski definition) is 8. The fourth-order valence-electron chi connectivity index (χ4n) is 3.45. The van der Waals surface area contributed by atoms with Gasteiger partial charge in [-0.2, -0.15) is 0 Å². The number of aryl methyl sites for hydroxylation is 1. The van der Waals surface area contributed by atoms with Gasteiger partial charge in [0.1, 0.15) is 46.8 Å². The third kappa shape index (κ3) is 7.71. The van der Waals surface area contributed by atoms with Gasteiger partial charge in [-0.15, -0.1) is 0 Å². The van der Waals surface area contributed by atoms with Crippen LogP contribution >= 0.6 is 0 Å². The van der Waals surface area contributed by atoms with Crippen molar-refractivity contribution in [2.75, 3.05) is 0 Å². The lowest BCUT2D eigenvalue weighted by Gasteiger charge is -2.13. The number of carbonyl (C=O) groups is 3. The van der Waals surface area contributed by atoms with E-state index in [0.29, 0.717) is 22.9 Å². The van der Waals surface area contributed by atoms with Crippen LogP contribution in [0.3, 0.4) is 0 Å². The third-order valence-corrected chi connectivity index (χ3v) is 5.87. The normalized spacial score (nSPS) is 12.3. The summed E-state index contributed by atoms with van der Waals surface area (Å²) in [6, 6.07) is 9.59. The number of carbonyl (C=O) groups excluding carboxylic acids is 3. The van der Waals surface area contributed by atoms with Gasteiger partial charge in [0, 0.05) is 23.1 Å². The minimum atomic E-state index is -1.51. The highest BCUT2D eigenvalue weighted by atomic mass is 16.4. The molecular formula is C29H33N3O8. The van der Waals surface area contributed by atoms with Crippen molar-refractivity contribution in [3.63, 3.8) is 0 Å². The first-order valence-corrected chi connectivity index (χ1v) is 12.5. The molecule has 3 aromatic rings. The number of amides is 3. The zero-order valence-corrected chi connectivity index (χ0v) is 22.4. The van der Waals surface area contributed by atoms with Crippen LogP contribution in [-0.2, 0) is 40.4 Å². The van der Waals surface area contributed by atoms with Crippen LogP contribution in [0, 0.1) is 0 Å². The van der Waals surface area contributed by atoms with E-state index in [1.165, 1.54) is 12.1 Å². The molecule has 0 saturated carbocycles. The topological polar surface area (TPSA) is 167 Å². The molecule has 0 saturated heterocycles. The Labute approximate surface area is 231 Å². The second-order valence-electron chi connectivity index (χ2n) is 9.01. The Bertz CT molecular complexity index is 1410. The van der Waals surface area contributed by atoms with E-state index < -0.39 is 24.0 Å². The Kier molecular flexibility index (Phi) is 10.1. The largest absolute Gasteiger partial charge is 0.464 e. The maximum atomic E-state index is 12.5. The van der Waals surface area contributed by atoms with Crippen LogP contribution in [0.25, 0.3) is 0 Å². The molecule has 0 spiro atoms. The summed E-state index contributed by atoms with van der Waals surface area (Å²) in [6.45, 7) is 14.6. The zero-order valence-electron chi connectivity index (χ0n) is 22.4. The van der Waals surface area contributed by atoms with E-state index in [9.17, 15) is 24.6 Å². The van der Waals surface area contributed by atoms with Crippen LogP contribution in [0.2, 0.25) is 0 Å². The molecule has 0 bridgehead atoms. The highest BCUT2D eigenvalue weighted by Gasteiger charge is 2.26. The second-order valence-corrected chi connectivity index (χ2v) is 9.01. The van der Waals surface area contributed by atoms with E-state index in [1.54, 1.807) is 25.1 Å². The fourth-order valence-corrected chi connectivity index (χ4v) is 3.45. The highest BCUT2D eigenvalue weighted by molar-refractivity contribution is 5.94. The lowest BCUT2D eigenvalue weighted by Crippen LogP contribution is -2.26. The molecule has 3 rings (SSSR count). The highest BCUT2D eigenvalue weighted by Crippen LogP contribution is 2.28. The molecule has 40 heavy (non-hydrogen) atoms. The Hall–Kier alpha value is -4.61. The first kappa shape index (κ1) is 29.9. The molecule has 3 amide bonds. The predicted molar refractivity (Wildman–Crippen MR) is 144 cm³/mol. The van der Waals surface area contributed by atoms with Crippen LogP contribution in [0.4, 0.5) is 0 Å². The number of rotatable bonds is 14. The molecular weight excluding hydrogens is 518 g/mol. The van der Waals surface area contributed by atoms with E-state index in [2.05, 4.69) is 35.7 Å². The first-order valence-electron chi connectivity index (χ1n) is 12.5. The minimum Gasteiger partial charge on any atom is -0.464 e. The van der Waals surface area contributed by atoms with Crippen molar-refractivity contribution in [2.45, 2.75) is 52.1 Å². The van der Waals surface area contributed by atoms with Gasteiger partial charge in [-0.1, -0.05) is 26.7 Å². The molecule has 0 aromatic carbocycles. The van der Waals surface area contributed by atoms with Crippen LogP contribution in [-0.4, -0.2) is 27.9 Å². The van der Waals surface area contributed by atoms with Crippen molar-refractivity contribution in [1.29, 1.82) is 0 Å². The molecule has 0 radical (unpaired) electrons. The summed E-state index contributed by atoms with van der Waals surface area (Å²) in [7, 11) is 0. The Morgan fingerprint density at radius 3 is 1.43 bits per heavy atom. The molecule has 0 aliphatic carbocycles. The third-order valence-electron chi connectivity index (χ3n) is 5.87. The number of hydrogen-bond donors (Lipinski definition) is 5. The Morgan fingerprint density at radius 1 is 0.675 bits per heavy atom. The molecule has 3 heterocycles. The smallest absolute Gasteiger partial charge is 0.250 e. The molecule has 11 heteroatoms. The minimum absolute atomic E-state index is 0.00776. The van der Waals surface area contributed by atoms with Crippen LogP contribution < -0.4 is 16.0 Å². The predicted octanol–water partition coefficient (Wildman–Crippen LogP) is 3.03. The van der Waals surface area contributed by atoms with Gasteiger partial charge in [0.05, 0.1) is 19.6 Å². The van der Waals surface area contributed by atoms with Crippen LogP contribution in [0.1, 0.15) is 60.6 Å². The average molecular weight is 552 g/mol. The number of furan rings is 3. The van der Waals surface area contributed by atoms with Gasteiger partial charge in [-0.3, -0.25) is 14.4 Å². The van der Waals surface area contributed by atoms with Gasteiger partial charge in [0.2, 0.25) is 17.7 Å². The molecule has 11 nitrogen and oxygen atoms in total. The molecule has 212 valence electrons. The molecule has 0 aliphatic rings. The Balaban J connectivity index is 1.49. The molecule has 5 N–H and O–H groups in total. The SMILES string of the molecule is C=C(C)C(=O)NCc1ccc(CNC(=O)C(=C)C(O)c2ccc(C(O)C(=C)C(=O)NCc3ccc(CC)o3)o2)o1. The van der Waals surface area contributed by atoms with Crippen molar-refractivity contribution in [2.24, 2.45) is 0 Å². The van der Waals surface area contributed by atoms with Crippen molar-refractivity contribution in [1.82, 2.24) is 16.0 Å². The van der Waals surface area contributed by atoms with E-state index in [1.807, 2.05) is 13.0 Å². The van der Waals surface area contributed by atoms with Gasteiger partial charge in [0.25, 0.3) is 0 Å². The lowest BCUT2D eigenvalue weighted by molar-refractivity contribution is -0.119. The van der Waals surface area contributed by atoms with Gasteiger partial charge in [-0.25, -0.2) is 0 Å². The summed E-state index contributed by atoms with van der Waals surface area (Å²) in [5.41, 5.74) is -0.0140. The molecule has 2 atom stereocenters. The van der Waals surface area contributed by atoms with Crippen LogP contribution in [0.5, 0.6) is 0 Å². The molecule has 3 aromatic heterocycles. The van der Waals surface area contributed by atoms with Crippen molar-refractivity contribution >= 4 is 17.7 Å². The standard InChI is InChI=1S/C29H33N3O8/c1-6-19-7-8-20(38-19)14-31-28(36)17(4)25(33)23-11-12-24(40-23)26(34)18(5)29(37)32-15-22-10-9-21(39-22)13-30-27(35)16(2)3/h7-12,25-26,33-34H,2,4-6,13-15H2,1,3H3,(H,30,35)(H,31,36)(H,32,37). The number of aliphatic hydroxyl groups is 2.